The second-order valence-electron chi connectivity index (χ2n) is 3.85. The average molecular weight is 217 g/mol. The highest BCUT2D eigenvalue weighted by atomic mass is 32.2. The van der Waals surface area contributed by atoms with E-state index in [9.17, 15) is 4.79 Å². The van der Waals surface area contributed by atoms with Gasteiger partial charge in [0.15, 0.2) is 0 Å². The van der Waals surface area contributed by atoms with Crippen molar-refractivity contribution in [3.05, 3.63) is 0 Å². The van der Waals surface area contributed by atoms with Crippen LogP contribution in [0.25, 0.3) is 0 Å². The fourth-order valence-electron chi connectivity index (χ4n) is 1.61. The lowest BCUT2D eigenvalue weighted by atomic mass is 10.2. The van der Waals surface area contributed by atoms with Crippen LogP contribution in [0, 0.1) is 0 Å². The molecule has 1 rings (SSSR count). The molecule has 14 heavy (non-hydrogen) atoms. The van der Waals surface area contributed by atoms with Gasteiger partial charge in [-0.2, -0.15) is 0 Å². The SMILES string of the molecule is CC(CO)SCC(=O)NC1CCCC1. The summed E-state index contributed by atoms with van der Waals surface area (Å²) in [7, 11) is 0. The molecule has 0 heterocycles. The molecule has 0 aromatic carbocycles. The summed E-state index contributed by atoms with van der Waals surface area (Å²) >= 11 is 1.51. The Labute approximate surface area is 89.6 Å². The lowest BCUT2D eigenvalue weighted by Crippen LogP contribution is -2.34. The van der Waals surface area contributed by atoms with Gasteiger partial charge in [0.25, 0.3) is 0 Å². The van der Waals surface area contributed by atoms with Gasteiger partial charge in [-0.3, -0.25) is 4.79 Å². The molecule has 0 spiro atoms. The van der Waals surface area contributed by atoms with E-state index in [4.69, 9.17) is 5.11 Å². The second-order valence-corrected chi connectivity index (χ2v) is 5.28. The van der Waals surface area contributed by atoms with Gasteiger partial charge in [0, 0.05) is 11.3 Å². The fraction of sp³-hybridized carbons (Fsp3) is 0.900. The summed E-state index contributed by atoms with van der Waals surface area (Å²) in [6, 6.07) is 0.410. The highest BCUT2D eigenvalue weighted by Crippen LogP contribution is 2.18. The predicted octanol–water partition coefficient (Wildman–Crippen LogP) is 1.16. The minimum atomic E-state index is 0.113. The van der Waals surface area contributed by atoms with E-state index >= 15 is 0 Å². The molecule has 1 atom stereocenters. The molecule has 1 aliphatic carbocycles. The largest absolute Gasteiger partial charge is 0.395 e. The molecule has 0 aliphatic heterocycles. The lowest BCUT2D eigenvalue weighted by molar-refractivity contribution is -0.119. The van der Waals surface area contributed by atoms with Gasteiger partial charge in [-0.15, -0.1) is 11.8 Å². The Balaban J connectivity index is 2.09. The van der Waals surface area contributed by atoms with Crippen molar-refractivity contribution in [2.45, 2.75) is 43.9 Å². The molecule has 82 valence electrons. The lowest BCUT2D eigenvalue weighted by Gasteiger charge is -2.12. The van der Waals surface area contributed by atoms with Gasteiger partial charge in [0.2, 0.25) is 5.91 Å². The number of amides is 1. The van der Waals surface area contributed by atoms with Crippen molar-refractivity contribution in [3.63, 3.8) is 0 Å². The van der Waals surface area contributed by atoms with Crippen LogP contribution in [-0.2, 0) is 4.79 Å². The molecule has 1 fully saturated rings. The highest BCUT2D eigenvalue weighted by molar-refractivity contribution is 8.00. The normalized spacial score (nSPS) is 19.6. The van der Waals surface area contributed by atoms with Crippen LogP contribution >= 0.6 is 11.8 Å². The minimum absolute atomic E-state index is 0.113. The number of nitrogens with one attached hydrogen (secondary N) is 1. The molecule has 1 unspecified atom stereocenters. The van der Waals surface area contributed by atoms with Crippen LogP contribution in [0.2, 0.25) is 0 Å². The first-order chi connectivity index (χ1) is 6.72. The minimum Gasteiger partial charge on any atom is -0.395 e. The summed E-state index contributed by atoms with van der Waals surface area (Å²) in [4.78, 5) is 11.4. The van der Waals surface area contributed by atoms with Crippen molar-refractivity contribution < 1.29 is 9.90 Å². The van der Waals surface area contributed by atoms with E-state index in [0.29, 0.717) is 11.8 Å². The van der Waals surface area contributed by atoms with Crippen LogP contribution in [-0.4, -0.2) is 34.7 Å². The summed E-state index contributed by atoms with van der Waals surface area (Å²) in [5.41, 5.74) is 0. The molecule has 0 bridgehead atoms. The van der Waals surface area contributed by atoms with Gasteiger partial charge < -0.3 is 10.4 Å². The summed E-state index contributed by atoms with van der Waals surface area (Å²) in [5, 5.41) is 12.0. The molecule has 2 N–H and O–H groups in total. The Morgan fingerprint density at radius 2 is 2.21 bits per heavy atom. The Kier molecular flexibility index (Phi) is 5.33. The highest BCUT2D eigenvalue weighted by Gasteiger charge is 2.17. The topological polar surface area (TPSA) is 49.3 Å². The third-order valence-electron chi connectivity index (χ3n) is 2.48. The molecule has 0 saturated heterocycles. The molecule has 4 heteroatoms. The van der Waals surface area contributed by atoms with Gasteiger partial charge in [-0.05, 0) is 12.8 Å². The van der Waals surface area contributed by atoms with Gasteiger partial charge in [-0.1, -0.05) is 19.8 Å². The summed E-state index contributed by atoms with van der Waals surface area (Å²) in [6.07, 6.45) is 4.74. The van der Waals surface area contributed by atoms with E-state index in [1.807, 2.05) is 6.92 Å². The summed E-state index contributed by atoms with van der Waals surface area (Å²) in [6.45, 7) is 2.06. The van der Waals surface area contributed by atoms with Gasteiger partial charge in [-0.25, -0.2) is 0 Å². The number of hydrogen-bond acceptors (Lipinski definition) is 3. The molecular weight excluding hydrogens is 198 g/mol. The smallest absolute Gasteiger partial charge is 0.230 e. The molecule has 1 amide bonds. The van der Waals surface area contributed by atoms with Crippen LogP contribution in [0.5, 0.6) is 0 Å². The van der Waals surface area contributed by atoms with Crippen molar-refractivity contribution in [2.24, 2.45) is 0 Å². The van der Waals surface area contributed by atoms with Crippen molar-refractivity contribution in [1.29, 1.82) is 0 Å². The zero-order chi connectivity index (χ0) is 10.4. The van der Waals surface area contributed by atoms with E-state index in [0.717, 1.165) is 12.8 Å². The number of aliphatic hydroxyl groups is 1. The zero-order valence-electron chi connectivity index (χ0n) is 8.66. The Bertz CT molecular complexity index is 181. The number of carbonyl (C=O) groups excluding carboxylic acids is 1. The predicted molar refractivity (Wildman–Crippen MR) is 59.4 cm³/mol. The average Bonchev–Trinajstić information content (AvgIpc) is 2.66. The van der Waals surface area contributed by atoms with Crippen LogP contribution in [0.3, 0.4) is 0 Å². The third-order valence-corrected chi connectivity index (χ3v) is 3.62. The first-order valence-electron chi connectivity index (χ1n) is 5.24. The van der Waals surface area contributed by atoms with E-state index in [-0.39, 0.29) is 17.8 Å². The van der Waals surface area contributed by atoms with Crippen LogP contribution in [0.1, 0.15) is 32.6 Å². The number of rotatable bonds is 5. The molecule has 0 aromatic rings. The van der Waals surface area contributed by atoms with Crippen LogP contribution < -0.4 is 5.32 Å². The van der Waals surface area contributed by atoms with Crippen molar-refractivity contribution in [2.75, 3.05) is 12.4 Å². The van der Waals surface area contributed by atoms with Gasteiger partial charge in [0.1, 0.15) is 0 Å². The van der Waals surface area contributed by atoms with E-state index < -0.39 is 0 Å². The Morgan fingerprint density at radius 3 is 2.79 bits per heavy atom. The molecule has 1 aliphatic rings. The first kappa shape index (κ1) is 11.9. The number of carbonyl (C=O) groups is 1. The number of hydrogen-bond donors (Lipinski definition) is 2. The molecule has 0 radical (unpaired) electrons. The van der Waals surface area contributed by atoms with Gasteiger partial charge in [0.05, 0.1) is 12.4 Å². The zero-order valence-corrected chi connectivity index (χ0v) is 9.48. The molecule has 3 nitrogen and oxygen atoms in total. The number of aliphatic hydroxyl groups excluding tert-OH is 1. The summed E-state index contributed by atoms with van der Waals surface area (Å²) in [5.74, 6) is 0.584. The van der Waals surface area contributed by atoms with E-state index in [1.54, 1.807) is 0 Å². The standard InChI is InChI=1S/C10H19NO2S/c1-8(6-12)14-7-10(13)11-9-4-2-3-5-9/h8-9,12H,2-7H2,1H3,(H,11,13). The second kappa shape index (κ2) is 6.30. The Morgan fingerprint density at radius 1 is 1.57 bits per heavy atom. The monoisotopic (exact) mass is 217 g/mol. The maximum atomic E-state index is 11.4. The van der Waals surface area contributed by atoms with E-state index in [2.05, 4.69) is 5.32 Å². The quantitative estimate of drug-likeness (QED) is 0.726. The maximum Gasteiger partial charge on any atom is 0.230 e. The van der Waals surface area contributed by atoms with Crippen LogP contribution in [0.4, 0.5) is 0 Å². The molecular formula is C10H19NO2S. The van der Waals surface area contributed by atoms with Crippen LogP contribution in [0.15, 0.2) is 0 Å². The first-order valence-corrected chi connectivity index (χ1v) is 6.29. The number of thioether (sulfide) groups is 1. The van der Waals surface area contributed by atoms with Crippen molar-refractivity contribution in [1.82, 2.24) is 5.32 Å². The Hall–Kier alpha value is -0.220. The van der Waals surface area contributed by atoms with Gasteiger partial charge >= 0.3 is 0 Å². The molecule has 0 aromatic heterocycles. The third kappa shape index (κ3) is 4.33. The van der Waals surface area contributed by atoms with E-state index in [1.165, 1.54) is 24.6 Å². The summed E-state index contributed by atoms with van der Waals surface area (Å²) < 4.78 is 0. The van der Waals surface area contributed by atoms with Crippen molar-refractivity contribution in [3.8, 4) is 0 Å². The fourth-order valence-corrected chi connectivity index (χ4v) is 2.23. The molecule has 1 saturated carbocycles. The van der Waals surface area contributed by atoms with Crippen molar-refractivity contribution >= 4 is 17.7 Å². The maximum absolute atomic E-state index is 11.4.